The first-order valence-corrected chi connectivity index (χ1v) is 11.6. The Morgan fingerprint density at radius 3 is 2.53 bits per heavy atom. The molecule has 3 aromatic rings. The van der Waals surface area contributed by atoms with E-state index in [1.165, 1.54) is 0 Å². The Bertz CT molecular complexity index is 1180. The van der Waals surface area contributed by atoms with E-state index in [2.05, 4.69) is 21.1 Å². The Morgan fingerprint density at radius 2 is 1.79 bits per heavy atom. The van der Waals surface area contributed by atoms with Crippen molar-refractivity contribution in [2.24, 2.45) is 5.16 Å². The number of hydrazine groups is 1. The predicted molar refractivity (Wildman–Crippen MR) is 131 cm³/mol. The first-order chi connectivity index (χ1) is 16.5. The van der Waals surface area contributed by atoms with E-state index in [1.807, 2.05) is 72.8 Å². The number of ether oxygens (including phenoxy) is 1. The summed E-state index contributed by atoms with van der Waals surface area (Å²) in [5.41, 5.74) is 1.76. The fourth-order valence-corrected chi connectivity index (χ4v) is 4.25. The predicted octanol–water partition coefficient (Wildman–Crippen LogP) is 4.78. The molecule has 0 bridgehead atoms. The topological polar surface area (TPSA) is 91.7 Å². The Hall–Kier alpha value is -3.43. The van der Waals surface area contributed by atoms with Crippen LogP contribution in [-0.2, 0) is 27.5 Å². The number of carbonyl (C=O) groups is 2. The first-order valence-electron chi connectivity index (χ1n) is 10.8. The summed E-state index contributed by atoms with van der Waals surface area (Å²) in [7, 11) is 0. The number of fused-ring (bicyclic) bond motifs is 1. The number of aliphatic carboxylic acids is 1. The van der Waals surface area contributed by atoms with Gasteiger partial charge in [-0.05, 0) is 37.8 Å². The van der Waals surface area contributed by atoms with Gasteiger partial charge < -0.3 is 14.7 Å². The van der Waals surface area contributed by atoms with Gasteiger partial charge in [0.25, 0.3) is 0 Å². The summed E-state index contributed by atoms with van der Waals surface area (Å²) >= 11 is 3.33. The summed E-state index contributed by atoms with van der Waals surface area (Å²) in [6.07, 6.45) is -0.571. The van der Waals surface area contributed by atoms with Gasteiger partial charge in [-0.1, -0.05) is 78.0 Å². The van der Waals surface area contributed by atoms with Crippen LogP contribution in [-0.4, -0.2) is 51.0 Å². The normalized spacial score (nSPS) is 15.1. The monoisotopic (exact) mass is 525 g/mol. The Kier molecular flexibility index (Phi) is 7.76. The molecule has 0 spiro atoms. The molecule has 1 atom stereocenters. The van der Waals surface area contributed by atoms with E-state index >= 15 is 0 Å². The highest BCUT2D eigenvalue weighted by atomic mass is 79.9. The third kappa shape index (κ3) is 6.12. The number of rotatable bonds is 9. The highest BCUT2D eigenvalue weighted by molar-refractivity contribution is 9.18. The molecule has 9 heteroatoms. The number of carboxylic acids is 1. The Balaban J connectivity index is 1.60. The maximum atomic E-state index is 13.1. The maximum absolute atomic E-state index is 13.1. The van der Waals surface area contributed by atoms with Crippen LogP contribution in [0.1, 0.15) is 17.5 Å². The summed E-state index contributed by atoms with van der Waals surface area (Å²) in [5.74, 6) is -1.15. The van der Waals surface area contributed by atoms with Gasteiger partial charge in [-0.15, -0.1) is 0 Å². The van der Waals surface area contributed by atoms with Crippen molar-refractivity contribution in [3.05, 3.63) is 83.9 Å². The smallest absolute Gasteiger partial charge is 0.425 e. The third-order valence-corrected chi connectivity index (χ3v) is 5.85. The highest BCUT2D eigenvalue weighted by Crippen LogP contribution is 2.23. The van der Waals surface area contributed by atoms with E-state index in [9.17, 15) is 14.7 Å². The number of benzene rings is 3. The second-order valence-electron chi connectivity index (χ2n) is 7.88. The van der Waals surface area contributed by atoms with Crippen molar-refractivity contribution in [1.82, 2.24) is 10.0 Å². The SMILES string of the molecule is O=C(O)CN(C(=O)OCc1ccccc1)N(Cc1cccc2ccccc12)CC1CC(Br)=NO1. The second kappa shape index (κ2) is 11.1. The molecule has 3 aromatic carbocycles. The molecular formula is C25H24BrN3O5. The molecule has 0 saturated carbocycles. The lowest BCUT2D eigenvalue weighted by atomic mass is 10.0. The fourth-order valence-electron chi connectivity index (χ4n) is 3.80. The van der Waals surface area contributed by atoms with Crippen LogP contribution in [0.4, 0.5) is 4.79 Å². The number of hydrogen-bond donors (Lipinski definition) is 1. The molecule has 1 aliphatic heterocycles. The molecule has 1 unspecified atom stereocenters. The van der Waals surface area contributed by atoms with Crippen LogP contribution in [0.5, 0.6) is 0 Å². The molecule has 0 radical (unpaired) electrons. The summed E-state index contributed by atoms with van der Waals surface area (Å²) in [4.78, 5) is 30.3. The van der Waals surface area contributed by atoms with Gasteiger partial charge in [-0.25, -0.2) is 14.8 Å². The molecule has 34 heavy (non-hydrogen) atoms. The van der Waals surface area contributed by atoms with Gasteiger partial charge in [0.15, 0.2) is 0 Å². The molecule has 0 fully saturated rings. The Labute approximate surface area is 205 Å². The van der Waals surface area contributed by atoms with E-state index < -0.39 is 18.6 Å². The van der Waals surface area contributed by atoms with Crippen molar-refractivity contribution in [3.63, 3.8) is 0 Å². The number of carbonyl (C=O) groups excluding carboxylic acids is 1. The average Bonchev–Trinajstić information content (AvgIpc) is 3.26. The van der Waals surface area contributed by atoms with Crippen molar-refractivity contribution in [3.8, 4) is 0 Å². The molecule has 1 heterocycles. The minimum absolute atomic E-state index is 0.0342. The zero-order valence-corrected chi connectivity index (χ0v) is 19.9. The average molecular weight is 526 g/mol. The van der Waals surface area contributed by atoms with Gasteiger partial charge in [0, 0.05) is 13.0 Å². The van der Waals surface area contributed by atoms with Gasteiger partial charge in [-0.2, -0.15) is 0 Å². The van der Waals surface area contributed by atoms with Crippen molar-refractivity contribution in [2.75, 3.05) is 13.1 Å². The van der Waals surface area contributed by atoms with Gasteiger partial charge in [0.1, 0.15) is 23.9 Å². The zero-order valence-electron chi connectivity index (χ0n) is 18.3. The molecule has 1 N–H and O–H groups in total. The minimum atomic E-state index is -1.15. The van der Waals surface area contributed by atoms with Gasteiger partial charge in [0.2, 0.25) is 0 Å². The number of halogens is 1. The van der Waals surface area contributed by atoms with Crippen LogP contribution in [0.3, 0.4) is 0 Å². The lowest BCUT2D eigenvalue weighted by molar-refractivity contribution is -0.144. The largest absolute Gasteiger partial charge is 0.480 e. The highest BCUT2D eigenvalue weighted by Gasteiger charge is 2.31. The number of amides is 1. The van der Waals surface area contributed by atoms with Crippen LogP contribution in [0, 0.1) is 0 Å². The molecule has 0 aromatic heterocycles. The first kappa shape index (κ1) is 23.7. The van der Waals surface area contributed by atoms with Crippen LogP contribution >= 0.6 is 15.9 Å². The zero-order chi connectivity index (χ0) is 23.9. The minimum Gasteiger partial charge on any atom is -0.480 e. The van der Waals surface area contributed by atoms with Crippen molar-refractivity contribution in [1.29, 1.82) is 0 Å². The standard InChI is InChI=1S/C25H24BrN3O5/c26-23-13-21(34-27-23)15-28(14-20-11-6-10-19-9-4-5-12-22(19)20)29(16-24(30)31)25(32)33-17-18-7-2-1-3-8-18/h1-12,21H,13-17H2,(H,30,31). The quantitative estimate of drug-likeness (QED) is 0.404. The van der Waals surface area contributed by atoms with Crippen LogP contribution in [0.15, 0.2) is 78.0 Å². The molecule has 0 saturated heterocycles. The summed E-state index contributed by atoms with van der Waals surface area (Å²) < 4.78 is 6.15. The number of carboxylic acid groups (broad SMARTS) is 1. The molecule has 176 valence electrons. The third-order valence-electron chi connectivity index (χ3n) is 5.39. The van der Waals surface area contributed by atoms with Crippen molar-refractivity contribution in [2.45, 2.75) is 25.7 Å². The molecule has 0 aliphatic carbocycles. The van der Waals surface area contributed by atoms with E-state index in [-0.39, 0.29) is 25.8 Å². The van der Waals surface area contributed by atoms with Gasteiger partial charge in [0.05, 0.1) is 6.54 Å². The number of nitrogens with zero attached hydrogens (tertiary/aromatic N) is 3. The van der Waals surface area contributed by atoms with E-state index in [0.29, 0.717) is 11.0 Å². The summed E-state index contributed by atoms with van der Waals surface area (Å²) in [6.45, 7) is 0.0156. The van der Waals surface area contributed by atoms with E-state index in [4.69, 9.17) is 9.57 Å². The lowest BCUT2D eigenvalue weighted by Gasteiger charge is -2.34. The molecular weight excluding hydrogens is 502 g/mol. The van der Waals surface area contributed by atoms with Gasteiger partial charge in [-0.3, -0.25) is 4.79 Å². The van der Waals surface area contributed by atoms with E-state index in [1.54, 1.807) is 5.01 Å². The summed E-state index contributed by atoms with van der Waals surface area (Å²) in [6, 6.07) is 23.1. The summed E-state index contributed by atoms with van der Waals surface area (Å²) in [5, 5.41) is 18.4. The number of oxime groups is 1. The fraction of sp³-hybridized carbons (Fsp3) is 0.240. The van der Waals surface area contributed by atoms with E-state index in [0.717, 1.165) is 26.9 Å². The molecule has 4 rings (SSSR count). The number of hydrogen-bond acceptors (Lipinski definition) is 6. The van der Waals surface area contributed by atoms with Crippen LogP contribution < -0.4 is 0 Å². The molecule has 1 aliphatic rings. The molecule has 1 amide bonds. The van der Waals surface area contributed by atoms with Crippen molar-refractivity contribution >= 4 is 43.4 Å². The second-order valence-corrected chi connectivity index (χ2v) is 8.79. The van der Waals surface area contributed by atoms with Crippen molar-refractivity contribution < 1.29 is 24.3 Å². The maximum Gasteiger partial charge on any atom is 0.425 e. The Morgan fingerprint density at radius 1 is 1.06 bits per heavy atom. The van der Waals surface area contributed by atoms with Crippen LogP contribution in [0.2, 0.25) is 0 Å². The van der Waals surface area contributed by atoms with Gasteiger partial charge >= 0.3 is 12.1 Å². The lowest BCUT2D eigenvalue weighted by Crippen LogP contribution is -2.51. The molecule has 8 nitrogen and oxygen atoms in total. The van der Waals surface area contributed by atoms with Crippen LogP contribution in [0.25, 0.3) is 10.8 Å².